The third-order valence-corrected chi connectivity index (χ3v) is 8.07. The average Bonchev–Trinajstić information content (AvgIpc) is 2.93. The summed E-state index contributed by atoms with van der Waals surface area (Å²) in [6.07, 6.45) is -3.45. The minimum absolute atomic E-state index is 0.00261. The van der Waals surface area contributed by atoms with Crippen LogP contribution in [0.4, 0.5) is 13.2 Å². The molecule has 222 valence electrons. The topological polar surface area (TPSA) is 21.8 Å². The fourth-order valence-corrected chi connectivity index (χ4v) is 5.79. The predicted octanol–water partition coefficient (Wildman–Crippen LogP) is 7.52. The van der Waals surface area contributed by atoms with Gasteiger partial charge in [-0.3, -0.25) is 9.80 Å². The first-order valence-corrected chi connectivity index (χ1v) is 14.9. The summed E-state index contributed by atoms with van der Waals surface area (Å²) < 4.78 is 42.2. The average molecular weight is 608 g/mol. The predicted molar refractivity (Wildman–Crippen MR) is 163 cm³/mol. The van der Waals surface area contributed by atoms with Gasteiger partial charge in [-0.15, -0.1) is 0 Å². The number of benzene rings is 3. The van der Waals surface area contributed by atoms with E-state index in [0.717, 1.165) is 42.7 Å². The zero-order chi connectivity index (χ0) is 29.6. The molecule has 0 amide bonds. The minimum Gasteiger partial charge on any atom is -0.309 e. The van der Waals surface area contributed by atoms with Gasteiger partial charge in [-0.05, 0) is 79.6 Å². The van der Waals surface area contributed by atoms with E-state index in [1.165, 1.54) is 6.07 Å². The highest BCUT2D eigenvalue weighted by Gasteiger charge is 2.35. The highest BCUT2D eigenvalue weighted by molar-refractivity contribution is 6.30. The van der Waals surface area contributed by atoms with Crippen LogP contribution in [0.3, 0.4) is 0 Å². The first kappa shape index (κ1) is 31.8. The van der Waals surface area contributed by atoms with E-state index in [-0.39, 0.29) is 18.6 Å². The van der Waals surface area contributed by atoms with Gasteiger partial charge in [-0.2, -0.15) is 13.2 Å². The van der Waals surface area contributed by atoms with Gasteiger partial charge < -0.3 is 10.2 Å². The van der Waals surface area contributed by atoms with Crippen LogP contribution in [0.1, 0.15) is 53.2 Å². The molecule has 1 aliphatic rings. The van der Waals surface area contributed by atoms with Gasteiger partial charge in [-0.1, -0.05) is 66.5 Å². The third kappa shape index (κ3) is 8.69. The van der Waals surface area contributed by atoms with E-state index in [9.17, 15) is 13.2 Å². The molecule has 0 aliphatic carbocycles. The molecule has 3 aromatic rings. The number of nitrogens with zero attached hydrogens (tertiary/aromatic N) is 3. The van der Waals surface area contributed by atoms with E-state index in [0.29, 0.717) is 35.2 Å². The Balaban J connectivity index is 1.54. The Morgan fingerprint density at radius 1 is 0.829 bits per heavy atom. The largest absolute Gasteiger partial charge is 0.416 e. The fraction of sp³-hybridized carbons (Fsp3) is 0.438. The molecule has 41 heavy (non-hydrogen) atoms. The Bertz CT molecular complexity index is 1200. The molecular weight excluding hydrogens is 568 g/mol. The molecule has 1 atom stereocenters. The van der Waals surface area contributed by atoms with Gasteiger partial charge >= 0.3 is 6.18 Å². The quantitative estimate of drug-likeness (QED) is 0.244. The summed E-state index contributed by atoms with van der Waals surface area (Å²) >= 11 is 12.3. The molecule has 1 fully saturated rings. The Morgan fingerprint density at radius 3 is 1.85 bits per heavy atom. The molecule has 0 aromatic heterocycles. The van der Waals surface area contributed by atoms with Crippen LogP contribution < -0.4 is 5.32 Å². The molecule has 0 spiro atoms. The number of rotatable bonds is 11. The second kappa shape index (κ2) is 14.4. The summed E-state index contributed by atoms with van der Waals surface area (Å²) in [6, 6.07) is 20.3. The molecule has 4 rings (SSSR count). The number of piperazine rings is 1. The van der Waals surface area contributed by atoms with Crippen molar-refractivity contribution < 1.29 is 13.2 Å². The van der Waals surface area contributed by atoms with Gasteiger partial charge in [0.05, 0.1) is 11.6 Å². The summed E-state index contributed by atoms with van der Waals surface area (Å²) in [4.78, 5) is 6.57. The summed E-state index contributed by atoms with van der Waals surface area (Å²) in [7, 11) is 3.96. The van der Waals surface area contributed by atoms with Crippen LogP contribution in [0.15, 0.2) is 66.7 Å². The van der Waals surface area contributed by atoms with Gasteiger partial charge in [0.15, 0.2) is 0 Å². The number of hydrogen-bond donors (Lipinski definition) is 1. The molecular formula is C32H39Cl2F3N4. The van der Waals surface area contributed by atoms with Gasteiger partial charge in [0.1, 0.15) is 0 Å². The summed E-state index contributed by atoms with van der Waals surface area (Å²) in [5, 5.41) is 4.85. The first-order chi connectivity index (χ1) is 19.5. The minimum atomic E-state index is -4.40. The molecule has 0 saturated carbocycles. The van der Waals surface area contributed by atoms with E-state index in [1.54, 1.807) is 12.1 Å². The fourth-order valence-electron chi connectivity index (χ4n) is 5.53. The maximum absolute atomic E-state index is 14.1. The molecule has 3 aromatic carbocycles. The monoisotopic (exact) mass is 606 g/mol. The number of hydrogen-bond acceptors (Lipinski definition) is 4. The Morgan fingerprint density at radius 2 is 1.37 bits per heavy atom. The Labute approximate surface area is 252 Å². The third-order valence-electron chi connectivity index (χ3n) is 7.56. The van der Waals surface area contributed by atoms with Gasteiger partial charge in [0, 0.05) is 55.4 Å². The van der Waals surface area contributed by atoms with Gasteiger partial charge in [-0.25, -0.2) is 0 Å². The molecule has 1 aliphatic heterocycles. The van der Waals surface area contributed by atoms with E-state index in [1.807, 2.05) is 62.6 Å². The van der Waals surface area contributed by atoms with Crippen molar-refractivity contribution in [3.05, 3.63) is 105 Å². The lowest BCUT2D eigenvalue weighted by Crippen LogP contribution is -2.47. The highest BCUT2D eigenvalue weighted by Crippen LogP contribution is 2.35. The number of likely N-dealkylation sites (N-methyl/N-ethyl adjacent to an activating group) is 1. The Hall–Kier alpha value is -2.13. The maximum Gasteiger partial charge on any atom is 0.416 e. The molecule has 1 unspecified atom stereocenters. The lowest BCUT2D eigenvalue weighted by Gasteiger charge is -2.40. The van der Waals surface area contributed by atoms with Gasteiger partial charge in [0.25, 0.3) is 0 Å². The van der Waals surface area contributed by atoms with Gasteiger partial charge in [0.2, 0.25) is 0 Å². The van der Waals surface area contributed by atoms with Crippen LogP contribution in [-0.4, -0.2) is 68.1 Å². The van der Waals surface area contributed by atoms with Crippen molar-refractivity contribution in [2.75, 3.05) is 53.4 Å². The molecule has 0 radical (unpaired) electrons. The molecule has 4 nitrogen and oxygen atoms in total. The number of halogens is 5. The molecule has 9 heteroatoms. The van der Waals surface area contributed by atoms with Crippen molar-refractivity contribution in [1.82, 2.24) is 20.0 Å². The van der Waals surface area contributed by atoms with Crippen LogP contribution in [0, 0.1) is 0 Å². The van der Waals surface area contributed by atoms with Crippen LogP contribution in [0.2, 0.25) is 10.0 Å². The van der Waals surface area contributed by atoms with E-state index < -0.39 is 11.7 Å². The lowest BCUT2D eigenvalue weighted by molar-refractivity contribution is -0.138. The number of nitrogens with one attached hydrogen (secondary N) is 1. The van der Waals surface area contributed by atoms with Crippen molar-refractivity contribution in [3.8, 4) is 0 Å². The Kier molecular flexibility index (Phi) is 11.1. The molecule has 1 N–H and O–H groups in total. The standard InChI is InChI=1S/C32H39Cl2F3N4/c1-4-15-38-30(22-39(2)3)25-9-14-29(32(35,36)37)26(20-25)21-40-16-18-41(19-17-40)31(23-5-10-27(33)11-6-23)24-7-12-28(34)13-8-24/h5-14,20,30-31,38H,4,15-19,21-22H2,1-3H3. The van der Waals surface area contributed by atoms with Crippen LogP contribution in [0.25, 0.3) is 0 Å². The van der Waals surface area contributed by atoms with Crippen LogP contribution in [-0.2, 0) is 12.7 Å². The smallest absolute Gasteiger partial charge is 0.309 e. The zero-order valence-corrected chi connectivity index (χ0v) is 25.4. The normalized spacial score (nSPS) is 16.0. The van der Waals surface area contributed by atoms with Crippen LogP contribution >= 0.6 is 23.2 Å². The van der Waals surface area contributed by atoms with Crippen molar-refractivity contribution in [3.63, 3.8) is 0 Å². The van der Waals surface area contributed by atoms with Crippen molar-refractivity contribution in [2.45, 2.75) is 38.1 Å². The lowest BCUT2D eigenvalue weighted by atomic mass is 9.96. The van der Waals surface area contributed by atoms with Crippen molar-refractivity contribution in [1.29, 1.82) is 0 Å². The zero-order valence-electron chi connectivity index (χ0n) is 23.9. The highest BCUT2D eigenvalue weighted by atomic mass is 35.5. The molecule has 0 bridgehead atoms. The van der Waals surface area contributed by atoms with E-state index >= 15 is 0 Å². The first-order valence-electron chi connectivity index (χ1n) is 14.1. The van der Waals surface area contributed by atoms with Crippen molar-refractivity contribution in [2.24, 2.45) is 0 Å². The summed E-state index contributed by atoms with van der Waals surface area (Å²) in [5.74, 6) is 0. The van der Waals surface area contributed by atoms with E-state index in [4.69, 9.17) is 23.2 Å². The second-order valence-corrected chi connectivity index (χ2v) is 11.9. The number of alkyl halides is 3. The maximum atomic E-state index is 14.1. The van der Waals surface area contributed by atoms with Crippen molar-refractivity contribution >= 4 is 23.2 Å². The van der Waals surface area contributed by atoms with Crippen LogP contribution in [0.5, 0.6) is 0 Å². The summed E-state index contributed by atoms with van der Waals surface area (Å²) in [6.45, 7) is 6.62. The molecule has 1 heterocycles. The molecule has 1 saturated heterocycles. The van der Waals surface area contributed by atoms with E-state index in [2.05, 4.69) is 26.9 Å². The second-order valence-electron chi connectivity index (χ2n) is 11.0. The summed E-state index contributed by atoms with van der Waals surface area (Å²) in [5.41, 5.74) is 2.90. The SMILES string of the molecule is CCCNC(CN(C)C)c1ccc(C(F)(F)F)c(CN2CCN(C(c3ccc(Cl)cc3)c3ccc(Cl)cc3)CC2)c1.